The Morgan fingerprint density at radius 2 is 1.76 bits per heavy atom. The van der Waals surface area contributed by atoms with Gasteiger partial charge in [0.1, 0.15) is 5.82 Å². The number of nitrogens with one attached hydrogen (secondary N) is 1. The Balaban J connectivity index is 2.17. The highest BCUT2D eigenvalue weighted by molar-refractivity contribution is 6.31. The van der Waals surface area contributed by atoms with Crippen molar-refractivity contribution >= 4 is 11.6 Å². The van der Waals surface area contributed by atoms with Crippen LogP contribution in [0.4, 0.5) is 13.2 Å². The van der Waals surface area contributed by atoms with E-state index in [-0.39, 0.29) is 12.0 Å². The van der Waals surface area contributed by atoms with Gasteiger partial charge in [0, 0.05) is 11.1 Å². The standard InChI is InChI=1S/C15H14ClF3N2/c16-13-5-4-11(17)6-10(13)8-12(21-20)7-9-2-1-3-14(18)15(9)19/h1-6,12,21H,7-8,20H2. The van der Waals surface area contributed by atoms with Crippen LogP contribution in [-0.2, 0) is 12.8 Å². The van der Waals surface area contributed by atoms with Gasteiger partial charge in [-0.2, -0.15) is 0 Å². The summed E-state index contributed by atoms with van der Waals surface area (Å²) < 4.78 is 40.1. The van der Waals surface area contributed by atoms with Gasteiger partial charge in [0.15, 0.2) is 11.6 Å². The van der Waals surface area contributed by atoms with E-state index < -0.39 is 23.5 Å². The number of halogens is 4. The highest BCUT2D eigenvalue weighted by Gasteiger charge is 2.15. The van der Waals surface area contributed by atoms with Crippen molar-refractivity contribution in [2.75, 3.05) is 0 Å². The first-order valence-electron chi connectivity index (χ1n) is 6.34. The molecule has 2 nitrogen and oxygen atoms in total. The van der Waals surface area contributed by atoms with Crippen molar-refractivity contribution in [2.45, 2.75) is 18.9 Å². The van der Waals surface area contributed by atoms with Crippen molar-refractivity contribution in [2.24, 2.45) is 5.84 Å². The summed E-state index contributed by atoms with van der Waals surface area (Å²) in [6, 6.07) is 7.56. The van der Waals surface area contributed by atoms with Crippen LogP contribution in [0.1, 0.15) is 11.1 Å². The molecule has 0 spiro atoms. The zero-order valence-corrected chi connectivity index (χ0v) is 11.8. The van der Waals surface area contributed by atoms with Gasteiger partial charge >= 0.3 is 0 Å². The average molecular weight is 315 g/mol. The highest BCUT2D eigenvalue weighted by Crippen LogP contribution is 2.20. The van der Waals surface area contributed by atoms with Crippen molar-refractivity contribution in [3.8, 4) is 0 Å². The monoisotopic (exact) mass is 314 g/mol. The highest BCUT2D eigenvalue weighted by atomic mass is 35.5. The summed E-state index contributed by atoms with van der Waals surface area (Å²) in [5.74, 6) is 3.22. The first kappa shape index (κ1) is 15.8. The minimum Gasteiger partial charge on any atom is -0.271 e. The van der Waals surface area contributed by atoms with Gasteiger partial charge in [-0.1, -0.05) is 23.7 Å². The summed E-state index contributed by atoms with van der Waals surface area (Å²) in [5, 5.41) is 0.399. The molecule has 0 aliphatic heterocycles. The van der Waals surface area contributed by atoms with Crippen molar-refractivity contribution in [3.63, 3.8) is 0 Å². The molecule has 6 heteroatoms. The maximum Gasteiger partial charge on any atom is 0.162 e. The van der Waals surface area contributed by atoms with Crippen LogP contribution in [0.15, 0.2) is 36.4 Å². The Labute approximate surface area is 125 Å². The van der Waals surface area contributed by atoms with E-state index in [1.807, 2.05) is 0 Å². The zero-order chi connectivity index (χ0) is 15.4. The van der Waals surface area contributed by atoms with Crippen molar-refractivity contribution < 1.29 is 13.2 Å². The largest absolute Gasteiger partial charge is 0.271 e. The van der Waals surface area contributed by atoms with Crippen molar-refractivity contribution in [1.82, 2.24) is 5.43 Å². The van der Waals surface area contributed by atoms with Crippen LogP contribution < -0.4 is 11.3 Å². The second kappa shape index (κ2) is 6.93. The van der Waals surface area contributed by atoms with Gasteiger partial charge in [-0.05, 0) is 48.2 Å². The number of hydrogen-bond donors (Lipinski definition) is 2. The van der Waals surface area contributed by atoms with Crippen molar-refractivity contribution in [3.05, 3.63) is 70.0 Å². The minimum absolute atomic E-state index is 0.160. The maximum absolute atomic E-state index is 13.7. The predicted molar refractivity (Wildman–Crippen MR) is 76.3 cm³/mol. The molecular weight excluding hydrogens is 301 g/mol. The summed E-state index contributed by atoms with van der Waals surface area (Å²) in [6.45, 7) is 0. The fourth-order valence-corrected chi connectivity index (χ4v) is 2.32. The van der Waals surface area contributed by atoms with Gasteiger partial charge in [-0.25, -0.2) is 13.2 Å². The summed E-state index contributed by atoms with van der Waals surface area (Å²) in [5.41, 5.74) is 3.27. The molecule has 1 unspecified atom stereocenters. The second-order valence-corrected chi connectivity index (χ2v) is 5.13. The Bertz CT molecular complexity index is 630. The molecular formula is C15H14ClF3N2. The predicted octanol–water partition coefficient (Wildman–Crippen LogP) is 3.37. The fourth-order valence-electron chi connectivity index (χ4n) is 2.13. The number of benzene rings is 2. The van der Waals surface area contributed by atoms with E-state index in [1.165, 1.54) is 30.3 Å². The number of hydrogen-bond acceptors (Lipinski definition) is 2. The quantitative estimate of drug-likeness (QED) is 0.656. The Kier molecular flexibility index (Phi) is 5.22. The summed E-state index contributed by atoms with van der Waals surface area (Å²) in [4.78, 5) is 0. The lowest BCUT2D eigenvalue weighted by Gasteiger charge is -2.17. The molecule has 2 rings (SSSR count). The molecule has 0 aliphatic rings. The third-order valence-corrected chi connectivity index (χ3v) is 3.58. The van der Waals surface area contributed by atoms with Crippen LogP contribution in [0.3, 0.4) is 0 Å². The third kappa shape index (κ3) is 3.97. The molecule has 0 saturated carbocycles. The summed E-state index contributed by atoms with van der Waals surface area (Å²) in [7, 11) is 0. The van der Waals surface area contributed by atoms with Gasteiger partial charge in [0.25, 0.3) is 0 Å². The van der Waals surface area contributed by atoms with Gasteiger partial charge in [0.2, 0.25) is 0 Å². The molecule has 0 aliphatic carbocycles. The lowest BCUT2D eigenvalue weighted by atomic mass is 9.99. The molecule has 0 radical (unpaired) electrons. The average Bonchev–Trinajstić information content (AvgIpc) is 2.46. The van der Waals surface area contributed by atoms with E-state index in [1.54, 1.807) is 0 Å². The maximum atomic E-state index is 13.7. The van der Waals surface area contributed by atoms with E-state index in [9.17, 15) is 13.2 Å². The molecule has 112 valence electrons. The van der Waals surface area contributed by atoms with Gasteiger partial charge in [-0.15, -0.1) is 0 Å². The zero-order valence-electron chi connectivity index (χ0n) is 11.0. The molecule has 0 bridgehead atoms. The Morgan fingerprint density at radius 3 is 2.48 bits per heavy atom. The van der Waals surface area contributed by atoms with E-state index in [0.29, 0.717) is 17.0 Å². The molecule has 2 aromatic rings. The SMILES string of the molecule is NNC(Cc1cc(F)ccc1Cl)Cc1cccc(F)c1F. The van der Waals surface area contributed by atoms with Crippen LogP contribution in [0, 0.1) is 17.5 Å². The Morgan fingerprint density at radius 1 is 1.05 bits per heavy atom. The molecule has 0 amide bonds. The van der Waals surface area contributed by atoms with Gasteiger partial charge < -0.3 is 0 Å². The van der Waals surface area contributed by atoms with Crippen molar-refractivity contribution in [1.29, 1.82) is 0 Å². The minimum atomic E-state index is -0.910. The van der Waals surface area contributed by atoms with Crippen LogP contribution in [0.25, 0.3) is 0 Å². The van der Waals surface area contributed by atoms with E-state index in [4.69, 9.17) is 17.4 Å². The third-order valence-electron chi connectivity index (χ3n) is 3.21. The number of rotatable bonds is 5. The molecule has 0 fully saturated rings. The van der Waals surface area contributed by atoms with Crippen LogP contribution in [0.2, 0.25) is 5.02 Å². The molecule has 0 saturated heterocycles. The number of hydrazine groups is 1. The lowest BCUT2D eigenvalue weighted by molar-refractivity contribution is 0.473. The van der Waals surface area contributed by atoms with Crippen LogP contribution in [0.5, 0.6) is 0 Å². The molecule has 2 aromatic carbocycles. The molecule has 0 heterocycles. The summed E-state index contributed by atoms with van der Waals surface area (Å²) >= 11 is 5.99. The van der Waals surface area contributed by atoms with Crippen LogP contribution in [-0.4, -0.2) is 6.04 Å². The molecule has 3 N–H and O–H groups in total. The first-order chi connectivity index (χ1) is 10.0. The fraction of sp³-hybridized carbons (Fsp3) is 0.200. The number of nitrogens with two attached hydrogens (primary N) is 1. The van der Waals surface area contributed by atoms with Gasteiger partial charge in [-0.3, -0.25) is 11.3 Å². The second-order valence-electron chi connectivity index (χ2n) is 4.72. The van der Waals surface area contributed by atoms with E-state index >= 15 is 0 Å². The van der Waals surface area contributed by atoms with Gasteiger partial charge in [0.05, 0.1) is 0 Å². The summed E-state index contributed by atoms with van der Waals surface area (Å²) in [6.07, 6.45) is 0.454. The van der Waals surface area contributed by atoms with Crippen LogP contribution >= 0.6 is 11.6 Å². The van der Waals surface area contributed by atoms with E-state index in [0.717, 1.165) is 6.07 Å². The normalized spacial score (nSPS) is 12.4. The lowest BCUT2D eigenvalue weighted by Crippen LogP contribution is -2.38. The smallest absolute Gasteiger partial charge is 0.162 e. The van der Waals surface area contributed by atoms with E-state index in [2.05, 4.69) is 5.43 Å². The Hall–Kier alpha value is -1.56. The topological polar surface area (TPSA) is 38.0 Å². The molecule has 1 atom stereocenters. The molecule has 21 heavy (non-hydrogen) atoms. The molecule has 0 aromatic heterocycles. The first-order valence-corrected chi connectivity index (χ1v) is 6.72.